The monoisotopic (exact) mass is 296 g/mol. The summed E-state index contributed by atoms with van der Waals surface area (Å²) in [5.74, 6) is 1.11. The lowest BCUT2D eigenvalue weighted by atomic mass is 9.95. The summed E-state index contributed by atoms with van der Waals surface area (Å²) in [5, 5.41) is 10.9. The third kappa shape index (κ3) is 4.08. The normalized spacial score (nSPS) is 34.7. The van der Waals surface area contributed by atoms with E-state index in [0.717, 1.165) is 32.0 Å². The molecule has 21 heavy (non-hydrogen) atoms. The minimum atomic E-state index is 0.130. The summed E-state index contributed by atoms with van der Waals surface area (Å²) in [7, 11) is 2.01. The van der Waals surface area contributed by atoms with Gasteiger partial charge in [0.15, 0.2) is 6.61 Å². The Labute approximate surface area is 127 Å². The fourth-order valence-electron chi connectivity index (χ4n) is 3.45. The summed E-state index contributed by atoms with van der Waals surface area (Å²) in [5.41, 5.74) is 0. The third-order valence-corrected chi connectivity index (χ3v) is 4.72. The molecule has 0 saturated carbocycles. The smallest absolute Gasteiger partial charge is 0.230 e. The fourth-order valence-corrected chi connectivity index (χ4v) is 3.45. The Morgan fingerprint density at radius 2 is 2.14 bits per heavy atom. The van der Waals surface area contributed by atoms with E-state index in [1.54, 1.807) is 0 Å². The molecule has 0 aromatic carbocycles. The Morgan fingerprint density at radius 3 is 2.95 bits per heavy atom. The van der Waals surface area contributed by atoms with E-state index in [9.17, 15) is 0 Å². The van der Waals surface area contributed by atoms with Crippen molar-refractivity contribution in [3.8, 4) is 0 Å². The van der Waals surface area contributed by atoms with Crippen molar-refractivity contribution in [1.29, 1.82) is 0 Å². The van der Waals surface area contributed by atoms with Crippen LogP contribution in [0, 0.1) is 5.92 Å². The molecule has 0 amide bonds. The zero-order valence-electron chi connectivity index (χ0n) is 13.0. The minimum absolute atomic E-state index is 0.130. The van der Waals surface area contributed by atoms with E-state index in [1.807, 2.05) is 7.05 Å². The second-order valence-electron chi connectivity index (χ2n) is 6.40. The van der Waals surface area contributed by atoms with Crippen LogP contribution in [-0.4, -0.2) is 69.3 Å². The van der Waals surface area contributed by atoms with Crippen LogP contribution in [0.4, 0.5) is 0 Å². The molecular weight excluding hydrogens is 268 g/mol. The van der Waals surface area contributed by atoms with E-state index in [2.05, 4.69) is 20.7 Å². The van der Waals surface area contributed by atoms with Gasteiger partial charge in [-0.05, 0) is 39.4 Å². The van der Waals surface area contributed by atoms with E-state index in [-0.39, 0.29) is 6.10 Å². The van der Waals surface area contributed by atoms with E-state index in [4.69, 9.17) is 9.57 Å². The van der Waals surface area contributed by atoms with Gasteiger partial charge in [0.05, 0.1) is 5.92 Å². The van der Waals surface area contributed by atoms with Gasteiger partial charge in [-0.25, -0.2) is 0 Å². The summed E-state index contributed by atoms with van der Waals surface area (Å²) in [6.45, 7) is 5.87. The lowest BCUT2D eigenvalue weighted by Crippen LogP contribution is -2.50. The lowest BCUT2D eigenvalue weighted by Gasteiger charge is -2.35. The number of nitrogens with one attached hydrogen (secondary N) is 2. The van der Waals surface area contributed by atoms with Crippen molar-refractivity contribution in [3.63, 3.8) is 0 Å². The van der Waals surface area contributed by atoms with Crippen LogP contribution >= 0.6 is 0 Å². The molecule has 3 atom stereocenters. The summed E-state index contributed by atoms with van der Waals surface area (Å²) < 4.78 is 6.14. The van der Waals surface area contributed by atoms with Gasteiger partial charge < -0.3 is 20.2 Å². The van der Waals surface area contributed by atoms with Crippen LogP contribution in [0.25, 0.3) is 0 Å². The van der Waals surface area contributed by atoms with Crippen molar-refractivity contribution in [2.24, 2.45) is 11.1 Å². The van der Waals surface area contributed by atoms with Crippen molar-refractivity contribution in [2.75, 3.05) is 46.4 Å². The molecule has 3 unspecified atom stereocenters. The topological polar surface area (TPSA) is 58.1 Å². The molecule has 3 rings (SSSR count). The second-order valence-corrected chi connectivity index (χ2v) is 6.40. The molecule has 0 aliphatic carbocycles. The van der Waals surface area contributed by atoms with Crippen molar-refractivity contribution < 1.29 is 9.57 Å². The fraction of sp³-hybridized carbons (Fsp3) is 0.933. The van der Waals surface area contributed by atoms with Crippen molar-refractivity contribution >= 4 is 5.90 Å². The molecule has 120 valence electrons. The summed E-state index contributed by atoms with van der Waals surface area (Å²) in [4.78, 5) is 7.94. The molecule has 2 N–H and O–H groups in total. The zero-order valence-corrected chi connectivity index (χ0v) is 13.0. The zero-order chi connectivity index (χ0) is 14.5. The molecular formula is C15H28N4O2. The third-order valence-electron chi connectivity index (χ3n) is 4.72. The number of oxime groups is 1. The molecule has 2 saturated heterocycles. The number of likely N-dealkylation sites (tertiary alicyclic amines) is 1. The van der Waals surface area contributed by atoms with E-state index >= 15 is 0 Å². The van der Waals surface area contributed by atoms with Gasteiger partial charge in [0, 0.05) is 25.7 Å². The molecule has 0 radical (unpaired) electrons. The first-order valence-electron chi connectivity index (χ1n) is 8.32. The molecule has 6 nitrogen and oxygen atoms in total. The van der Waals surface area contributed by atoms with Gasteiger partial charge in [-0.3, -0.25) is 4.90 Å². The summed E-state index contributed by atoms with van der Waals surface area (Å²) >= 11 is 0. The number of rotatable bonds is 4. The average Bonchev–Trinajstić information content (AvgIpc) is 2.56. The van der Waals surface area contributed by atoms with Crippen LogP contribution < -0.4 is 10.6 Å². The van der Waals surface area contributed by atoms with Gasteiger partial charge in [-0.15, -0.1) is 0 Å². The molecule has 0 aromatic heterocycles. The Bertz CT molecular complexity index is 358. The van der Waals surface area contributed by atoms with Crippen LogP contribution in [0.5, 0.6) is 0 Å². The maximum absolute atomic E-state index is 6.14. The lowest BCUT2D eigenvalue weighted by molar-refractivity contribution is -0.0164. The van der Waals surface area contributed by atoms with Crippen LogP contribution in [-0.2, 0) is 9.57 Å². The predicted octanol–water partition coefficient (Wildman–Crippen LogP) is 0.399. The highest BCUT2D eigenvalue weighted by atomic mass is 16.7. The predicted molar refractivity (Wildman–Crippen MR) is 82.4 cm³/mol. The minimum Gasteiger partial charge on any atom is -0.470 e. The van der Waals surface area contributed by atoms with Gasteiger partial charge in [0.25, 0.3) is 0 Å². The summed E-state index contributed by atoms with van der Waals surface area (Å²) in [6.07, 6.45) is 5.17. The number of hydrogen-bond donors (Lipinski definition) is 2. The van der Waals surface area contributed by atoms with E-state index < -0.39 is 0 Å². The first-order chi connectivity index (χ1) is 10.3. The highest BCUT2D eigenvalue weighted by Gasteiger charge is 2.31. The number of piperidine rings is 2. The summed E-state index contributed by atoms with van der Waals surface area (Å²) in [6, 6.07) is 0.484. The van der Waals surface area contributed by atoms with Gasteiger partial charge in [-0.1, -0.05) is 11.6 Å². The Balaban J connectivity index is 1.51. The second kappa shape index (κ2) is 7.42. The van der Waals surface area contributed by atoms with Gasteiger partial charge >= 0.3 is 0 Å². The number of ether oxygens (including phenoxy) is 1. The van der Waals surface area contributed by atoms with Crippen molar-refractivity contribution in [3.05, 3.63) is 0 Å². The molecule has 0 spiro atoms. The standard InChI is InChI=1S/C15H28N4O2/c1-16-13-7-12(8-17-9-13)15-18-20-11-14(21-15)10-19-5-3-2-4-6-19/h12-14,16-17H,2-11H2,1H3. The quantitative estimate of drug-likeness (QED) is 0.786. The molecule has 3 aliphatic rings. The van der Waals surface area contributed by atoms with E-state index in [0.29, 0.717) is 18.6 Å². The number of nitrogens with zero attached hydrogens (tertiary/aromatic N) is 2. The molecule has 2 fully saturated rings. The first-order valence-corrected chi connectivity index (χ1v) is 8.32. The van der Waals surface area contributed by atoms with Crippen LogP contribution in [0.15, 0.2) is 5.16 Å². The van der Waals surface area contributed by atoms with Gasteiger partial charge in [0.2, 0.25) is 5.90 Å². The van der Waals surface area contributed by atoms with E-state index in [1.165, 1.54) is 32.4 Å². The van der Waals surface area contributed by atoms with Crippen molar-refractivity contribution in [2.45, 2.75) is 37.8 Å². The Hall–Kier alpha value is -0.850. The van der Waals surface area contributed by atoms with Crippen LogP contribution in [0.2, 0.25) is 0 Å². The first kappa shape index (κ1) is 15.1. The maximum Gasteiger partial charge on any atom is 0.230 e. The van der Waals surface area contributed by atoms with Gasteiger partial charge in [0.1, 0.15) is 6.10 Å². The molecule has 3 heterocycles. The van der Waals surface area contributed by atoms with Gasteiger partial charge in [-0.2, -0.15) is 0 Å². The SMILES string of the molecule is CNC1CNCC(C2=NOCC(CN3CCCCC3)O2)C1. The van der Waals surface area contributed by atoms with Crippen molar-refractivity contribution in [1.82, 2.24) is 15.5 Å². The maximum atomic E-state index is 6.14. The largest absolute Gasteiger partial charge is 0.470 e. The number of likely N-dealkylation sites (N-methyl/N-ethyl adjacent to an activating group) is 1. The average molecular weight is 296 g/mol. The Kier molecular flexibility index (Phi) is 5.32. The molecule has 3 aliphatic heterocycles. The molecule has 0 aromatic rings. The molecule has 6 heteroatoms. The number of hydrogen-bond acceptors (Lipinski definition) is 6. The van der Waals surface area contributed by atoms with Crippen LogP contribution in [0.1, 0.15) is 25.7 Å². The highest BCUT2D eigenvalue weighted by Crippen LogP contribution is 2.19. The molecule has 0 bridgehead atoms. The van der Waals surface area contributed by atoms with Crippen LogP contribution in [0.3, 0.4) is 0 Å². The highest BCUT2D eigenvalue weighted by molar-refractivity contribution is 5.79. The Morgan fingerprint density at radius 1 is 1.29 bits per heavy atom.